The van der Waals surface area contributed by atoms with Gasteiger partial charge in [-0.3, -0.25) is 9.59 Å². The quantitative estimate of drug-likeness (QED) is 0.506. The van der Waals surface area contributed by atoms with Crippen LogP contribution in [-0.4, -0.2) is 18.0 Å². The Morgan fingerprint density at radius 1 is 1.08 bits per heavy atom. The molecule has 0 radical (unpaired) electrons. The number of rotatable bonds is 4. The summed E-state index contributed by atoms with van der Waals surface area (Å²) >= 11 is 5.81. The minimum atomic E-state index is -0.856. The average Bonchev–Trinajstić information content (AvgIpc) is 2.55. The van der Waals surface area contributed by atoms with Gasteiger partial charge in [0.1, 0.15) is 0 Å². The van der Waals surface area contributed by atoms with Gasteiger partial charge in [-0.2, -0.15) is 5.10 Å². The van der Waals surface area contributed by atoms with Crippen LogP contribution < -0.4 is 10.7 Å². The first-order valence-corrected chi connectivity index (χ1v) is 7.83. The van der Waals surface area contributed by atoms with E-state index in [1.165, 1.54) is 11.8 Å². The molecule has 2 N–H and O–H groups in total. The summed E-state index contributed by atoms with van der Waals surface area (Å²) in [5.74, 6) is -1.22. The van der Waals surface area contributed by atoms with Crippen LogP contribution in [0.3, 0.4) is 0 Å². The van der Waals surface area contributed by atoms with Crippen molar-refractivity contribution in [1.82, 2.24) is 5.43 Å². The van der Waals surface area contributed by atoms with Crippen LogP contribution in [0.4, 0.5) is 5.69 Å². The van der Waals surface area contributed by atoms with E-state index in [9.17, 15) is 9.59 Å². The Bertz CT molecular complexity index is 755. The van der Waals surface area contributed by atoms with Crippen LogP contribution in [0.2, 0.25) is 5.02 Å². The summed E-state index contributed by atoms with van der Waals surface area (Å²) in [6, 6.07) is 14.3. The van der Waals surface area contributed by atoms with Gasteiger partial charge in [-0.25, -0.2) is 5.43 Å². The minimum Gasteiger partial charge on any atom is -0.318 e. The lowest BCUT2D eigenvalue weighted by molar-refractivity contribution is -0.136. The van der Waals surface area contributed by atoms with Crippen molar-refractivity contribution in [2.45, 2.75) is 19.8 Å². The molecule has 24 heavy (non-hydrogen) atoms. The second-order valence-electron chi connectivity index (χ2n) is 5.48. The summed E-state index contributed by atoms with van der Waals surface area (Å²) < 4.78 is 0. The van der Waals surface area contributed by atoms with Crippen LogP contribution in [0.5, 0.6) is 0 Å². The standard InChI is InChI=1S/C18H18ClN3O2/c1-12(2)14-8-6-13(7-9-14)11-20-22-18(24)17(23)21-16-5-3-4-15(19)10-16/h3-12H,1-2H3,(H,21,23)(H,22,24)/b20-11+. The van der Waals surface area contributed by atoms with Gasteiger partial charge in [-0.05, 0) is 35.2 Å². The number of hydrazone groups is 1. The Labute approximate surface area is 145 Å². The SMILES string of the molecule is CC(C)c1ccc(/C=N/NC(=O)C(=O)Nc2cccc(Cl)c2)cc1. The summed E-state index contributed by atoms with van der Waals surface area (Å²) in [5.41, 5.74) is 4.68. The van der Waals surface area contributed by atoms with Gasteiger partial charge in [0, 0.05) is 10.7 Å². The molecule has 5 nitrogen and oxygen atoms in total. The Hall–Kier alpha value is -2.66. The van der Waals surface area contributed by atoms with Crippen molar-refractivity contribution < 1.29 is 9.59 Å². The molecule has 6 heteroatoms. The van der Waals surface area contributed by atoms with E-state index in [1.54, 1.807) is 24.3 Å². The van der Waals surface area contributed by atoms with Gasteiger partial charge in [0.05, 0.1) is 6.21 Å². The van der Waals surface area contributed by atoms with Crippen molar-refractivity contribution in [1.29, 1.82) is 0 Å². The maximum absolute atomic E-state index is 11.7. The highest BCUT2D eigenvalue weighted by molar-refractivity contribution is 6.39. The van der Waals surface area contributed by atoms with Gasteiger partial charge in [-0.1, -0.05) is 55.8 Å². The molecule has 0 bridgehead atoms. The number of nitrogens with zero attached hydrogens (tertiary/aromatic N) is 1. The van der Waals surface area contributed by atoms with E-state index in [0.29, 0.717) is 16.6 Å². The molecule has 2 aromatic rings. The summed E-state index contributed by atoms with van der Waals surface area (Å²) in [4.78, 5) is 23.4. The largest absolute Gasteiger partial charge is 0.329 e. The van der Waals surface area contributed by atoms with Crippen molar-refractivity contribution in [3.63, 3.8) is 0 Å². The number of nitrogens with one attached hydrogen (secondary N) is 2. The van der Waals surface area contributed by atoms with Crippen molar-refractivity contribution in [3.8, 4) is 0 Å². The highest BCUT2D eigenvalue weighted by Crippen LogP contribution is 2.15. The lowest BCUT2D eigenvalue weighted by atomic mass is 10.0. The predicted octanol–water partition coefficient (Wildman–Crippen LogP) is 3.55. The first kappa shape index (κ1) is 17.7. The third-order valence-electron chi connectivity index (χ3n) is 3.27. The second kappa shape index (κ2) is 8.26. The molecule has 0 aromatic heterocycles. The van der Waals surface area contributed by atoms with Gasteiger partial charge < -0.3 is 5.32 Å². The maximum Gasteiger partial charge on any atom is 0.329 e. The van der Waals surface area contributed by atoms with E-state index in [2.05, 4.69) is 29.7 Å². The third kappa shape index (κ3) is 5.21. The number of hydrogen-bond donors (Lipinski definition) is 2. The van der Waals surface area contributed by atoms with E-state index < -0.39 is 11.8 Å². The zero-order chi connectivity index (χ0) is 17.5. The smallest absolute Gasteiger partial charge is 0.318 e. The lowest BCUT2D eigenvalue weighted by Crippen LogP contribution is -2.32. The van der Waals surface area contributed by atoms with Crippen molar-refractivity contribution in [3.05, 3.63) is 64.7 Å². The zero-order valence-electron chi connectivity index (χ0n) is 13.4. The fourth-order valence-corrected chi connectivity index (χ4v) is 2.13. The molecular weight excluding hydrogens is 326 g/mol. The Kier molecular flexibility index (Phi) is 6.09. The summed E-state index contributed by atoms with van der Waals surface area (Å²) in [7, 11) is 0. The zero-order valence-corrected chi connectivity index (χ0v) is 14.2. The van der Waals surface area contributed by atoms with Crippen LogP contribution in [0, 0.1) is 0 Å². The van der Waals surface area contributed by atoms with E-state index in [0.717, 1.165) is 5.56 Å². The molecule has 0 aliphatic heterocycles. The topological polar surface area (TPSA) is 70.6 Å². The molecule has 2 aromatic carbocycles. The Morgan fingerprint density at radius 3 is 2.42 bits per heavy atom. The van der Waals surface area contributed by atoms with Gasteiger partial charge >= 0.3 is 11.8 Å². The van der Waals surface area contributed by atoms with Crippen LogP contribution >= 0.6 is 11.6 Å². The highest BCUT2D eigenvalue weighted by atomic mass is 35.5. The van der Waals surface area contributed by atoms with Crippen LogP contribution in [0.25, 0.3) is 0 Å². The van der Waals surface area contributed by atoms with Crippen molar-refractivity contribution in [2.24, 2.45) is 5.10 Å². The van der Waals surface area contributed by atoms with Gasteiger partial charge in [0.25, 0.3) is 0 Å². The number of halogens is 1. The van der Waals surface area contributed by atoms with Crippen LogP contribution in [-0.2, 0) is 9.59 Å². The van der Waals surface area contributed by atoms with E-state index in [4.69, 9.17) is 11.6 Å². The van der Waals surface area contributed by atoms with Crippen molar-refractivity contribution >= 4 is 35.3 Å². The van der Waals surface area contributed by atoms with E-state index in [1.807, 2.05) is 24.3 Å². The van der Waals surface area contributed by atoms with Gasteiger partial charge in [0.2, 0.25) is 0 Å². The molecule has 0 saturated carbocycles. The second-order valence-corrected chi connectivity index (χ2v) is 5.92. The van der Waals surface area contributed by atoms with Gasteiger partial charge in [0.15, 0.2) is 0 Å². The third-order valence-corrected chi connectivity index (χ3v) is 3.51. The molecule has 0 unspecified atom stereocenters. The first-order valence-electron chi connectivity index (χ1n) is 7.45. The number of benzene rings is 2. The molecule has 2 amide bonds. The summed E-state index contributed by atoms with van der Waals surface area (Å²) in [5, 5.41) is 6.70. The molecule has 0 heterocycles. The predicted molar refractivity (Wildman–Crippen MR) is 96.3 cm³/mol. The fourth-order valence-electron chi connectivity index (χ4n) is 1.94. The van der Waals surface area contributed by atoms with Crippen molar-refractivity contribution in [2.75, 3.05) is 5.32 Å². The first-order chi connectivity index (χ1) is 11.5. The van der Waals surface area contributed by atoms with Gasteiger partial charge in [-0.15, -0.1) is 0 Å². The molecule has 0 saturated heterocycles. The Balaban J connectivity index is 1.88. The molecule has 0 atom stereocenters. The van der Waals surface area contributed by atoms with Crippen LogP contribution in [0.15, 0.2) is 53.6 Å². The molecule has 124 valence electrons. The number of hydrogen-bond acceptors (Lipinski definition) is 3. The summed E-state index contributed by atoms with van der Waals surface area (Å²) in [6.45, 7) is 4.23. The molecule has 0 aliphatic carbocycles. The summed E-state index contributed by atoms with van der Waals surface area (Å²) in [6.07, 6.45) is 1.48. The molecule has 0 fully saturated rings. The average molecular weight is 344 g/mol. The minimum absolute atomic E-state index is 0.441. The highest BCUT2D eigenvalue weighted by Gasteiger charge is 2.12. The van der Waals surface area contributed by atoms with E-state index in [-0.39, 0.29) is 0 Å². The molecule has 2 rings (SSSR count). The monoisotopic (exact) mass is 343 g/mol. The lowest BCUT2D eigenvalue weighted by Gasteiger charge is -2.05. The number of anilines is 1. The fraction of sp³-hybridized carbons (Fsp3) is 0.167. The van der Waals surface area contributed by atoms with E-state index >= 15 is 0 Å². The number of carbonyl (C=O) groups is 2. The molecule has 0 aliphatic rings. The number of amides is 2. The number of carbonyl (C=O) groups excluding carboxylic acids is 2. The normalized spacial score (nSPS) is 10.8. The molecular formula is C18H18ClN3O2. The van der Waals surface area contributed by atoms with Crippen LogP contribution in [0.1, 0.15) is 30.9 Å². The molecule has 0 spiro atoms. The maximum atomic E-state index is 11.7. The Morgan fingerprint density at radius 2 is 1.79 bits per heavy atom.